The Labute approximate surface area is 122 Å². The molecule has 0 bridgehead atoms. The molecule has 0 unspecified atom stereocenters. The lowest BCUT2D eigenvalue weighted by Gasteiger charge is -2.22. The van der Waals surface area contributed by atoms with Crippen LogP contribution in [0.4, 0.5) is 10.5 Å². The Morgan fingerprint density at radius 2 is 2.20 bits per heavy atom. The molecule has 1 aliphatic heterocycles. The standard InChI is InChI=1S/C13H19N3O3S/c1-7-10-9(20-16-7)6-5-8(11(17)15-10)14-12(18)19-13(2,3)4/h8H,5-6H2,1-4H3,(H,14,18)(H,15,17)/t8-/m0/s1. The van der Waals surface area contributed by atoms with Crippen LogP contribution in [0.5, 0.6) is 0 Å². The second kappa shape index (κ2) is 5.40. The van der Waals surface area contributed by atoms with Crippen LogP contribution in [0, 0.1) is 6.92 Å². The predicted molar refractivity (Wildman–Crippen MR) is 77.0 cm³/mol. The number of aryl methyl sites for hydroxylation is 2. The van der Waals surface area contributed by atoms with Gasteiger partial charge >= 0.3 is 6.09 Å². The van der Waals surface area contributed by atoms with Crippen molar-refractivity contribution in [1.29, 1.82) is 0 Å². The monoisotopic (exact) mass is 297 g/mol. The van der Waals surface area contributed by atoms with Crippen LogP contribution in [0.25, 0.3) is 0 Å². The average Bonchev–Trinajstić information content (AvgIpc) is 2.55. The lowest BCUT2D eigenvalue weighted by atomic mass is 10.1. The number of alkyl carbamates (subject to hydrolysis) is 1. The molecular weight excluding hydrogens is 278 g/mol. The SMILES string of the molecule is Cc1nsc2c1NC(=O)[C@@H](NC(=O)OC(C)(C)C)CC2. The van der Waals surface area contributed by atoms with E-state index < -0.39 is 17.7 Å². The number of hydrogen-bond acceptors (Lipinski definition) is 5. The average molecular weight is 297 g/mol. The van der Waals surface area contributed by atoms with E-state index in [0.717, 1.165) is 16.3 Å². The Balaban J connectivity index is 2.02. The van der Waals surface area contributed by atoms with Crippen molar-refractivity contribution in [3.8, 4) is 0 Å². The first-order valence-electron chi connectivity index (χ1n) is 6.52. The Bertz CT molecular complexity index is 533. The summed E-state index contributed by atoms with van der Waals surface area (Å²) in [7, 11) is 0. The van der Waals surface area contributed by atoms with Gasteiger partial charge in [0.1, 0.15) is 11.6 Å². The zero-order chi connectivity index (χ0) is 14.9. The molecule has 7 heteroatoms. The third kappa shape index (κ3) is 3.47. The number of amides is 2. The Morgan fingerprint density at radius 1 is 1.50 bits per heavy atom. The molecule has 6 nitrogen and oxygen atoms in total. The zero-order valence-corrected chi connectivity index (χ0v) is 12.9. The van der Waals surface area contributed by atoms with Gasteiger partial charge in [0.15, 0.2) is 0 Å². The second-order valence-corrected chi connectivity index (χ2v) is 6.65. The van der Waals surface area contributed by atoms with E-state index in [1.165, 1.54) is 11.5 Å². The molecule has 0 spiro atoms. The van der Waals surface area contributed by atoms with Crippen molar-refractivity contribution in [3.05, 3.63) is 10.6 Å². The van der Waals surface area contributed by atoms with Gasteiger partial charge in [-0.3, -0.25) is 4.79 Å². The van der Waals surface area contributed by atoms with Gasteiger partial charge in [-0.2, -0.15) is 4.37 Å². The second-order valence-electron chi connectivity index (χ2n) is 5.79. The molecule has 1 atom stereocenters. The molecule has 110 valence electrons. The molecule has 2 heterocycles. The van der Waals surface area contributed by atoms with Gasteiger partial charge in [-0.15, -0.1) is 0 Å². The van der Waals surface area contributed by atoms with E-state index in [0.29, 0.717) is 12.8 Å². The number of rotatable bonds is 1. The molecule has 2 amide bonds. The fourth-order valence-electron chi connectivity index (χ4n) is 1.95. The molecule has 20 heavy (non-hydrogen) atoms. The van der Waals surface area contributed by atoms with E-state index in [1.54, 1.807) is 20.8 Å². The minimum Gasteiger partial charge on any atom is -0.444 e. The summed E-state index contributed by atoms with van der Waals surface area (Å²) in [5, 5.41) is 5.45. The van der Waals surface area contributed by atoms with Gasteiger partial charge in [0.2, 0.25) is 5.91 Å². The van der Waals surface area contributed by atoms with Crippen molar-refractivity contribution in [2.45, 2.75) is 52.2 Å². The first kappa shape index (κ1) is 14.8. The van der Waals surface area contributed by atoms with Gasteiger partial charge in [0, 0.05) is 4.88 Å². The molecule has 1 aliphatic rings. The normalized spacial score (nSPS) is 18.8. The molecule has 2 rings (SSSR count). The molecule has 0 radical (unpaired) electrons. The number of nitrogens with one attached hydrogen (secondary N) is 2. The molecule has 1 aromatic rings. The topological polar surface area (TPSA) is 80.3 Å². The molecule has 2 N–H and O–H groups in total. The number of nitrogens with zero attached hydrogens (tertiary/aromatic N) is 1. The summed E-state index contributed by atoms with van der Waals surface area (Å²) < 4.78 is 9.40. The predicted octanol–water partition coefficient (Wildman–Crippen LogP) is 2.23. The molecule has 1 aromatic heterocycles. The summed E-state index contributed by atoms with van der Waals surface area (Å²) in [6.45, 7) is 7.21. The summed E-state index contributed by atoms with van der Waals surface area (Å²) in [6.07, 6.45) is 0.678. The van der Waals surface area contributed by atoms with Crippen molar-refractivity contribution >= 4 is 29.2 Å². The molecule has 0 fully saturated rings. The van der Waals surface area contributed by atoms with E-state index in [1.807, 2.05) is 6.92 Å². The van der Waals surface area contributed by atoms with Crippen molar-refractivity contribution in [1.82, 2.24) is 9.69 Å². The van der Waals surface area contributed by atoms with Gasteiger partial charge in [0.05, 0.1) is 11.4 Å². The molecule has 0 aliphatic carbocycles. The molecular formula is C13H19N3O3S. The van der Waals surface area contributed by atoms with Crippen LogP contribution in [0.3, 0.4) is 0 Å². The Kier molecular flexibility index (Phi) is 3.99. The van der Waals surface area contributed by atoms with Crippen LogP contribution >= 0.6 is 11.5 Å². The highest BCUT2D eigenvalue weighted by molar-refractivity contribution is 7.06. The number of hydrogen-bond donors (Lipinski definition) is 2. The lowest BCUT2D eigenvalue weighted by Crippen LogP contribution is -2.45. The number of carbonyl (C=O) groups is 2. The number of fused-ring (bicyclic) bond motifs is 1. The van der Waals surface area contributed by atoms with Crippen molar-refractivity contribution in [2.75, 3.05) is 5.32 Å². The van der Waals surface area contributed by atoms with Gasteiger partial charge in [-0.25, -0.2) is 4.79 Å². The van der Waals surface area contributed by atoms with Crippen LogP contribution < -0.4 is 10.6 Å². The van der Waals surface area contributed by atoms with E-state index in [9.17, 15) is 9.59 Å². The van der Waals surface area contributed by atoms with Crippen molar-refractivity contribution < 1.29 is 14.3 Å². The van der Waals surface area contributed by atoms with Gasteiger partial charge < -0.3 is 15.4 Å². The van der Waals surface area contributed by atoms with E-state index in [-0.39, 0.29) is 5.91 Å². The van der Waals surface area contributed by atoms with E-state index in [4.69, 9.17) is 4.74 Å². The Hall–Kier alpha value is -1.63. The van der Waals surface area contributed by atoms with Crippen LogP contribution in [0.15, 0.2) is 0 Å². The van der Waals surface area contributed by atoms with E-state index >= 15 is 0 Å². The smallest absolute Gasteiger partial charge is 0.408 e. The highest BCUT2D eigenvalue weighted by Gasteiger charge is 2.28. The maximum atomic E-state index is 12.1. The third-order valence-corrected chi connectivity index (χ3v) is 3.84. The fraction of sp³-hybridized carbons (Fsp3) is 0.615. The first-order valence-corrected chi connectivity index (χ1v) is 7.29. The molecule has 0 saturated heterocycles. The van der Waals surface area contributed by atoms with Crippen molar-refractivity contribution in [3.63, 3.8) is 0 Å². The quantitative estimate of drug-likeness (QED) is 0.833. The van der Waals surface area contributed by atoms with Gasteiger partial charge in [-0.05, 0) is 52.1 Å². The largest absolute Gasteiger partial charge is 0.444 e. The van der Waals surface area contributed by atoms with E-state index in [2.05, 4.69) is 15.0 Å². The zero-order valence-electron chi connectivity index (χ0n) is 12.1. The number of anilines is 1. The maximum Gasteiger partial charge on any atom is 0.408 e. The summed E-state index contributed by atoms with van der Waals surface area (Å²) in [4.78, 5) is 24.9. The molecule has 0 aromatic carbocycles. The number of ether oxygens (including phenoxy) is 1. The van der Waals surface area contributed by atoms with Crippen LogP contribution in [-0.2, 0) is 16.0 Å². The number of aromatic nitrogens is 1. The van der Waals surface area contributed by atoms with Crippen LogP contribution in [0.2, 0.25) is 0 Å². The minimum absolute atomic E-state index is 0.224. The number of carbonyl (C=O) groups excluding carboxylic acids is 2. The third-order valence-electron chi connectivity index (χ3n) is 2.85. The summed E-state index contributed by atoms with van der Waals surface area (Å²) in [5.41, 5.74) is 1.02. The van der Waals surface area contributed by atoms with Gasteiger partial charge in [0.25, 0.3) is 0 Å². The van der Waals surface area contributed by atoms with Gasteiger partial charge in [-0.1, -0.05) is 0 Å². The summed E-state index contributed by atoms with van der Waals surface area (Å²) >= 11 is 1.39. The lowest BCUT2D eigenvalue weighted by molar-refractivity contribution is -0.118. The highest BCUT2D eigenvalue weighted by Crippen LogP contribution is 2.28. The van der Waals surface area contributed by atoms with Crippen LogP contribution in [-0.4, -0.2) is 28.0 Å². The minimum atomic E-state index is -0.580. The maximum absolute atomic E-state index is 12.1. The summed E-state index contributed by atoms with van der Waals surface area (Å²) in [5.74, 6) is -0.224. The van der Waals surface area contributed by atoms with Crippen molar-refractivity contribution in [2.24, 2.45) is 0 Å². The summed E-state index contributed by atoms with van der Waals surface area (Å²) in [6, 6.07) is -0.580. The first-order chi connectivity index (χ1) is 9.26. The highest BCUT2D eigenvalue weighted by atomic mass is 32.1. The fourth-order valence-corrected chi connectivity index (χ4v) is 2.79. The Morgan fingerprint density at radius 3 is 2.85 bits per heavy atom. The molecule has 0 saturated carbocycles. The van der Waals surface area contributed by atoms with Crippen LogP contribution in [0.1, 0.15) is 37.8 Å².